The zero-order chi connectivity index (χ0) is 39.1. The number of fused-ring (bicyclic) bond motifs is 14. The number of ether oxygens (including phenoxy) is 3. The number of ketones is 3. The molecule has 1 aromatic carbocycles. The van der Waals surface area contributed by atoms with Gasteiger partial charge in [-0.3, -0.25) is 19.2 Å². The molecular formula is C40H52N2O11. The molecule has 5 N–H and O–H groups in total. The maximum atomic E-state index is 14.6. The first-order valence-electron chi connectivity index (χ1n) is 18.3. The number of rotatable bonds is 2. The molecule has 1 fully saturated rings. The van der Waals surface area contributed by atoms with Crippen molar-refractivity contribution in [2.75, 3.05) is 20.2 Å². The van der Waals surface area contributed by atoms with Gasteiger partial charge in [-0.15, -0.1) is 0 Å². The average molecular weight is 737 g/mol. The number of likely N-dealkylation sites (tertiary alicyclic amines) is 1. The summed E-state index contributed by atoms with van der Waals surface area (Å²) in [6.07, 6.45) is 5.86. The number of nitrogens with one attached hydrogen (secondary N) is 1. The van der Waals surface area contributed by atoms with Crippen molar-refractivity contribution in [1.82, 2.24) is 10.2 Å². The summed E-state index contributed by atoms with van der Waals surface area (Å²) in [6.45, 7) is 12.0. The summed E-state index contributed by atoms with van der Waals surface area (Å²) in [6, 6.07) is 0. The SMILES string of the molecule is COC1C=COC2(C)Oc3c(C)c(O)c4c(c3C2=O)C(=O)C(N2CCCCC2)=C(NC(=O)C(C)=CC=CC(C)C(O)C(C)C(O)C(C)C(O)C1C)C4=O. The van der Waals surface area contributed by atoms with E-state index in [1.165, 1.54) is 46.3 Å². The van der Waals surface area contributed by atoms with Crippen molar-refractivity contribution < 1.29 is 53.8 Å². The minimum atomic E-state index is -2.02. The number of aliphatic hydroxyl groups is 3. The molecule has 1 amide bonds. The molecule has 5 aliphatic rings. The Labute approximate surface area is 310 Å². The molecule has 53 heavy (non-hydrogen) atoms. The molecule has 0 radical (unpaired) electrons. The smallest absolute Gasteiger partial charge is 0.312 e. The van der Waals surface area contributed by atoms with Gasteiger partial charge in [0, 0.05) is 61.9 Å². The second kappa shape index (κ2) is 15.6. The molecule has 1 saturated heterocycles. The number of methoxy groups -OCH3 is 1. The maximum absolute atomic E-state index is 14.6. The number of aliphatic hydroxyl groups excluding tert-OH is 3. The van der Waals surface area contributed by atoms with Crippen LogP contribution in [0, 0.1) is 30.6 Å². The molecule has 13 heteroatoms. The van der Waals surface area contributed by atoms with Gasteiger partial charge in [0.15, 0.2) is 0 Å². The number of hydrogen-bond donors (Lipinski definition) is 5. The molecule has 5 bridgehead atoms. The fourth-order valence-electron chi connectivity index (χ4n) is 7.70. The van der Waals surface area contributed by atoms with Crippen LogP contribution in [0.1, 0.15) is 97.4 Å². The molecule has 13 nitrogen and oxygen atoms in total. The number of phenolic OH excluding ortho intramolecular Hbond substituents is 1. The molecule has 0 aromatic heterocycles. The van der Waals surface area contributed by atoms with Crippen LogP contribution in [0.25, 0.3) is 0 Å². The number of phenols is 1. The third-order valence-electron chi connectivity index (χ3n) is 11.3. The number of carbonyl (C=O) groups excluding carboxylic acids is 4. The highest BCUT2D eigenvalue weighted by Crippen LogP contribution is 2.49. The number of benzene rings is 1. The molecule has 1 aromatic rings. The first kappa shape index (κ1) is 39.9. The van der Waals surface area contributed by atoms with Crippen LogP contribution in [0.2, 0.25) is 0 Å². The summed E-state index contributed by atoms with van der Waals surface area (Å²) in [7, 11) is 1.44. The molecule has 6 rings (SSSR count). The predicted molar refractivity (Wildman–Crippen MR) is 194 cm³/mol. The third-order valence-corrected chi connectivity index (χ3v) is 11.3. The minimum absolute atomic E-state index is 0.0352. The van der Waals surface area contributed by atoms with Gasteiger partial charge in [0.1, 0.15) is 22.9 Å². The van der Waals surface area contributed by atoms with Gasteiger partial charge < -0.3 is 44.9 Å². The van der Waals surface area contributed by atoms with E-state index < -0.39 is 88.4 Å². The van der Waals surface area contributed by atoms with Gasteiger partial charge in [-0.25, -0.2) is 0 Å². The van der Waals surface area contributed by atoms with E-state index in [0.29, 0.717) is 13.1 Å². The second-order valence-corrected chi connectivity index (χ2v) is 15.0. The summed E-state index contributed by atoms with van der Waals surface area (Å²) in [5.74, 6) is -8.07. The number of carbonyl (C=O) groups is 4. The van der Waals surface area contributed by atoms with Gasteiger partial charge in [-0.1, -0.05) is 45.9 Å². The topological polar surface area (TPSA) is 192 Å². The molecular weight excluding hydrogens is 684 g/mol. The highest BCUT2D eigenvalue weighted by molar-refractivity contribution is 6.32. The maximum Gasteiger partial charge on any atom is 0.312 e. The van der Waals surface area contributed by atoms with E-state index in [1.54, 1.807) is 44.7 Å². The van der Waals surface area contributed by atoms with Crippen LogP contribution in [0.4, 0.5) is 0 Å². The molecule has 9 unspecified atom stereocenters. The molecule has 4 aliphatic heterocycles. The first-order chi connectivity index (χ1) is 25.0. The molecule has 288 valence electrons. The average Bonchev–Trinajstić information content (AvgIpc) is 3.41. The third kappa shape index (κ3) is 7.19. The zero-order valence-corrected chi connectivity index (χ0v) is 31.6. The van der Waals surface area contributed by atoms with Gasteiger partial charge in [-0.05, 0) is 39.2 Å². The second-order valence-electron chi connectivity index (χ2n) is 15.0. The van der Waals surface area contributed by atoms with Crippen LogP contribution in [-0.4, -0.2) is 99.0 Å². The Morgan fingerprint density at radius 1 is 0.849 bits per heavy atom. The molecule has 0 spiro atoms. The zero-order valence-electron chi connectivity index (χ0n) is 31.6. The highest BCUT2D eigenvalue weighted by atomic mass is 16.7. The van der Waals surface area contributed by atoms with Gasteiger partial charge in [-0.2, -0.15) is 0 Å². The van der Waals surface area contributed by atoms with Crippen LogP contribution in [0.15, 0.2) is 47.5 Å². The normalized spacial score (nSPS) is 33.1. The van der Waals surface area contributed by atoms with E-state index in [-0.39, 0.29) is 39.4 Å². The van der Waals surface area contributed by atoms with E-state index in [9.17, 15) is 39.6 Å². The van der Waals surface area contributed by atoms with Gasteiger partial charge in [0.05, 0.1) is 47.4 Å². The molecule has 1 aliphatic carbocycles. The number of nitrogens with zero attached hydrogens (tertiary/aromatic N) is 1. The standard InChI is InChI=1S/C40H52N2O11/c1-19-13-12-14-20(2)39(50)41-29-30(42-16-10-9-11-17-42)36(48)26-27(35(29)47)34(46)24(6)37-28(26)38(49)40(7,53-37)52-18-15-25(51-8)21(3)32(44)23(5)33(45)22(4)31(19)43/h12-15,18-19,21-23,25,31-33,43-46H,9-11,16-17H2,1-8H3,(H,41,50). The number of piperidine rings is 1. The summed E-state index contributed by atoms with van der Waals surface area (Å²) in [4.78, 5) is 58.6. The Morgan fingerprint density at radius 3 is 2.11 bits per heavy atom. The van der Waals surface area contributed by atoms with E-state index in [4.69, 9.17) is 14.2 Å². The van der Waals surface area contributed by atoms with Crippen molar-refractivity contribution in [2.45, 2.75) is 97.9 Å². The van der Waals surface area contributed by atoms with Gasteiger partial charge in [0.25, 0.3) is 11.7 Å². The molecule has 4 heterocycles. The summed E-state index contributed by atoms with van der Waals surface area (Å²) in [5.41, 5.74) is -1.10. The van der Waals surface area contributed by atoms with E-state index >= 15 is 0 Å². The van der Waals surface area contributed by atoms with Crippen LogP contribution >= 0.6 is 0 Å². The van der Waals surface area contributed by atoms with Crippen LogP contribution in [-0.2, 0) is 14.3 Å². The van der Waals surface area contributed by atoms with Crippen molar-refractivity contribution in [3.8, 4) is 11.5 Å². The number of hydrogen-bond acceptors (Lipinski definition) is 12. The van der Waals surface area contributed by atoms with Crippen molar-refractivity contribution in [3.63, 3.8) is 0 Å². The first-order valence-corrected chi connectivity index (χ1v) is 18.3. The Hall–Kier alpha value is -4.30. The number of aromatic hydroxyl groups is 1. The number of amides is 1. The number of Topliss-reactive ketones (excluding diaryl/α,β-unsaturated/α-hetero) is 3. The van der Waals surface area contributed by atoms with E-state index in [2.05, 4.69) is 5.32 Å². The lowest BCUT2D eigenvalue weighted by Crippen LogP contribution is -2.45. The van der Waals surface area contributed by atoms with Crippen LogP contribution < -0.4 is 10.1 Å². The highest BCUT2D eigenvalue weighted by Gasteiger charge is 2.53. The van der Waals surface area contributed by atoms with Gasteiger partial charge >= 0.3 is 5.79 Å². The lowest BCUT2D eigenvalue weighted by Gasteiger charge is -2.36. The molecule has 9 atom stereocenters. The van der Waals surface area contributed by atoms with Crippen molar-refractivity contribution in [2.24, 2.45) is 23.7 Å². The summed E-state index contributed by atoms with van der Waals surface area (Å²) >= 11 is 0. The van der Waals surface area contributed by atoms with E-state index in [0.717, 1.165) is 19.3 Å². The lowest BCUT2D eigenvalue weighted by molar-refractivity contribution is -0.116. The molecule has 0 saturated carbocycles. The quantitative estimate of drug-likeness (QED) is 0.295. The Morgan fingerprint density at radius 2 is 1.47 bits per heavy atom. The predicted octanol–water partition coefficient (Wildman–Crippen LogP) is 3.87. The Kier molecular flexibility index (Phi) is 11.7. The van der Waals surface area contributed by atoms with Crippen LogP contribution in [0.5, 0.6) is 11.5 Å². The van der Waals surface area contributed by atoms with Crippen molar-refractivity contribution >= 4 is 23.3 Å². The van der Waals surface area contributed by atoms with Gasteiger partial charge in [0.2, 0.25) is 11.6 Å². The van der Waals surface area contributed by atoms with Crippen LogP contribution in [0.3, 0.4) is 0 Å². The lowest BCUT2D eigenvalue weighted by atomic mass is 9.78. The fraction of sp³-hybridized carbons (Fsp3) is 0.550. The monoisotopic (exact) mass is 736 g/mol. The Balaban J connectivity index is 1.66. The fourth-order valence-corrected chi connectivity index (χ4v) is 7.70. The number of allylic oxidation sites excluding steroid dienone is 4. The summed E-state index contributed by atoms with van der Waals surface area (Å²) < 4.78 is 17.6. The van der Waals surface area contributed by atoms with Crippen molar-refractivity contribution in [1.29, 1.82) is 0 Å². The largest absolute Gasteiger partial charge is 0.507 e. The van der Waals surface area contributed by atoms with E-state index in [1.807, 2.05) is 0 Å². The summed E-state index contributed by atoms with van der Waals surface area (Å²) in [5, 5.41) is 47.8. The Bertz CT molecular complexity index is 1790. The van der Waals surface area contributed by atoms with Crippen molar-refractivity contribution in [3.05, 3.63) is 69.8 Å². The minimum Gasteiger partial charge on any atom is -0.507 e.